The van der Waals surface area contributed by atoms with Crippen LogP contribution in [-0.4, -0.2) is 73.2 Å². The van der Waals surface area contributed by atoms with Crippen LogP contribution in [0.5, 0.6) is 5.75 Å². The molecule has 0 bridgehead atoms. The lowest BCUT2D eigenvalue weighted by atomic mass is 9.74. The summed E-state index contributed by atoms with van der Waals surface area (Å²) in [6.45, 7) is 2.95. The number of rotatable bonds is 11. The minimum absolute atomic E-state index is 0.0989. The average molecular weight is 513 g/mol. The van der Waals surface area contributed by atoms with Gasteiger partial charge in [0.15, 0.2) is 0 Å². The molecular formula is C28H37FN4O2S. The van der Waals surface area contributed by atoms with Gasteiger partial charge in [-0.1, -0.05) is 6.07 Å². The number of likely N-dealkylation sites (tertiary alicyclic amines) is 1. The maximum absolute atomic E-state index is 16.0. The molecule has 0 unspecified atom stereocenters. The van der Waals surface area contributed by atoms with Crippen molar-refractivity contribution in [3.8, 4) is 5.75 Å². The Balaban J connectivity index is 1.39. The fraction of sp³-hybridized carbons (Fsp3) is 0.500. The van der Waals surface area contributed by atoms with Crippen molar-refractivity contribution in [3.05, 3.63) is 54.4 Å². The van der Waals surface area contributed by atoms with E-state index in [2.05, 4.69) is 14.9 Å². The number of pyridine rings is 2. The Bertz CT molecular complexity index is 1120. The minimum Gasteiger partial charge on any atom is -0.497 e. The third-order valence-electron chi connectivity index (χ3n) is 7.37. The molecule has 36 heavy (non-hydrogen) atoms. The van der Waals surface area contributed by atoms with Gasteiger partial charge in [-0.3, -0.25) is 4.98 Å². The second-order valence-corrected chi connectivity index (χ2v) is 11.0. The molecule has 4 rings (SSSR count). The molecular weight excluding hydrogens is 475 g/mol. The summed E-state index contributed by atoms with van der Waals surface area (Å²) in [5, 5.41) is 12.2. The average Bonchev–Trinajstić information content (AvgIpc) is 2.92. The lowest BCUT2D eigenvalue weighted by molar-refractivity contribution is 0.0323. The number of thioether (sulfide) groups is 1. The molecule has 1 fully saturated rings. The van der Waals surface area contributed by atoms with E-state index in [4.69, 9.17) is 4.74 Å². The molecule has 1 atom stereocenters. The standard InChI is InChI=1S/C28H37FN4O2S/c1-32(2)25-19-31-24-8-7-21(35-3)18-22(24)27(25)23(29)9-10-28(20-34)11-14-33(15-12-28)16-17-36-26-6-4-5-13-30-26/h4-8,13,18-19,23,34H,9-12,14-17,20H2,1-3H3/t23-/m1/s1. The summed E-state index contributed by atoms with van der Waals surface area (Å²) in [4.78, 5) is 13.3. The zero-order valence-electron chi connectivity index (χ0n) is 21.5. The highest BCUT2D eigenvalue weighted by atomic mass is 32.2. The van der Waals surface area contributed by atoms with E-state index in [1.165, 1.54) is 0 Å². The van der Waals surface area contributed by atoms with Gasteiger partial charge in [-0.15, -0.1) is 11.8 Å². The van der Waals surface area contributed by atoms with Crippen molar-refractivity contribution in [3.63, 3.8) is 0 Å². The number of aromatic nitrogens is 2. The number of alkyl halides is 1. The van der Waals surface area contributed by atoms with Crippen LogP contribution in [0.25, 0.3) is 10.9 Å². The van der Waals surface area contributed by atoms with Crippen molar-refractivity contribution >= 4 is 28.4 Å². The van der Waals surface area contributed by atoms with Crippen LogP contribution in [0.15, 0.2) is 53.8 Å². The van der Waals surface area contributed by atoms with Gasteiger partial charge < -0.3 is 19.6 Å². The molecule has 3 aromatic rings. The van der Waals surface area contributed by atoms with Crippen LogP contribution in [0.1, 0.15) is 37.4 Å². The Morgan fingerprint density at radius 1 is 1.19 bits per heavy atom. The molecule has 1 aliphatic rings. The summed E-state index contributed by atoms with van der Waals surface area (Å²) in [6, 6.07) is 11.6. The molecule has 1 saturated heterocycles. The van der Waals surface area contributed by atoms with Gasteiger partial charge in [0.1, 0.15) is 11.9 Å². The van der Waals surface area contributed by atoms with Crippen LogP contribution in [0.2, 0.25) is 0 Å². The molecule has 1 aromatic carbocycles. The largest absolute Gasteiger partial charge is 0.497 e. The van der Waals surface area contributed by atoms with Gasteiger partial charge in [-0.25, -0.2) is 9.37 Å². The van der Waals surface area contributed by atoms with E-state index in [0.717, 1.165) is 59.8 Å². The smallest absolute Gasteiger partial charge is 0.128 e. The van der Waals surface area contributed by atoms with Gasteiger partial charge in [0.25, 0.3) is 0 Å². The third kappa shape index (κ3) is 6.28. The van der Waals surface area contributed by atoms with Crippen molar-refractivity contribution in [1.82, 2.24) is 14.9 Å². The molecule has 1 aliphatic heterocycles. The van der Waals surface area contributed by atoms with Crippen molar-refractivity contribution < 1.29 is 14.2 Å². The van der Waals surface area contributed by atoms with Gasteiger partial charge in [0.2, 0.25) is 0 Å². The monoisotopic (exact) mass is 512 g/mol. The number of aliphatic hydroxyl groups excluding tert-OH is 1. The number of hydrogen-bond acceptors (Lipinski definition) is 7. The van der Waals surface area contributed by atoms with E-state index in [9.17, 15) is 5.11 Å². The molecule has 6 nitrogen and oxygen atoms in total. The molecule has 0 spiro atoms. The van der Waals surface area contributed by atoms with E-state index in [1.54, 1.807) is 25.1 Å². The number of fused-ring (bicyclic) bond motifs is 1. The highest BCUT2D eigenvalue weighted by Gasteiger charge is 2.35. The van der Waals surface area contributed by atoms with Gasteiger partial charge >= 0.3 is 0 Å². The first-order valence-electron chi connectivity index (χ1n) is 12.6. The van der Waals surface area contributed by atoms with Crippen LogP contribution in [0.3, 0.4) is 0 Å². The van der Waals surface area contributed by atoms with Crippen molar-refractivity contribution in [2.75, 3.05) is 58.1 Å². The highest BCUT2D eigenvalue weighted by Crippen LogP contribution is 2.42. The van der Waals surface area contributed by atoms with E-state index in [-0.39, 0.29) is 12.0 Å². The summed E-state index contributed by atoms with van der Waals surface area (Å²) in [7, 11) is 5.44. The fourth-order valence-corrected chi connectivity index (χ4v) is 5.89. The first-order chi connectivity index (χ1) is 17.4. The van der Waals surface area contributed by atoms with Gasteiger partial charge in [0.05, 0.1) is 29.5 Å². The summed E-state index contributed by atoms with van der Waals surface area (Å²) < 4.78 is 21.4. The summed E-state index contributed by atoms with van der Waals surface area (Å²) >= 11 is 1.77. The number of aliphatic hydroxyl groups is 1. The van der Waals surface area contributed by atoms with Gasteiger partial charge in [0, 0.05) is 50.1 Å². The van der Waals surface area contributed by atoms with Crippen LogP contribution in [0, 0.1) is 5.41 Å². The summed E-state index contributed by atoms with van der Waals surface area (Å²) in [6.07, 6.45) is 5.21. The SMILES string of the molecule is COc1ccc2ncc(N(C)C)c([C@H](F)CCC3(CO)CCN(CCSc4ccccn4)CC3)c2c1. The van der Waals surface area contributed by atoms with Crippen LogP contribution in [-0.2, 0) is 0 Å². The molecule has 0 aliphatic carbocycles. The molecule has 0 amide bonds. The van der Waals surface area contributed by atoms with Crippen LogP contribution >= 0.6 is 11.8 Å². The highest BCUT2D eigenvalue weighted by molar-refractivity contribution is 7.99. The maximum Gasteiger partial charge on any atom is 0.128 e. The Morgan fingerprint density at radius 2 is 2.00 bits per heavy atom. The number of methoxy groups -OCH3 is 1. The van der Waals surface area contributed by atoms with Crippen molar-refractivity contribution in [1.29, 1.82) is 0 Å². The molecule has 3 heterocycles. The molecule has 8 heteroatoms. The van der Waals surface area contributed by atoms with Crippen LogP contribution in [0.4, 0.5) is 10.1 Å². The normalized spacial score (nSPS) is 16.7. The first-order valence-corrected chi connectivity index (χ1v) is 13.6. The van der Waals surface area contributed by atoms with E-state index in [1.807, 2.05) is 61.6 Å². The zero-order chi connectivity index (χ0) is 25.5. The number of anilines is 1. The quantitative estimate of drug-likeness (QED) is 0.347. The van der Waals surface area contributed by atoms with Crippen LogP contribution < -0.4 is 9.64 Å². The zero-order valence-corrected chi connectivity index (χ0v) is 22.3. The minimum atomic E-state index is -1.16. The molecule has 2 aromatic heterocycles. The number of ether oxygens (including phenoxy) is 1. The van der Waals surface area contributed by atoms with Gasteiger partial charge in [-0.05, 0) is 74.5 Å². The number of hydrogen-bond donors (Lipinski definition) is 1. The molecule has 194 valence electrons. The Labute approximate surface area is 217 Å². The van der Waals surface area contributed by atoms with Crippen molar-refractivity contribution in [2.45, 2.75) is 36.9 Å². The van der Waals surface area contributed by atoms with E-state index < -0.39 is 6.17 Å². The Morgan fingerprint density at radius 3 is 2.67 bits per heavy atom. The Kier molecular flexibility index (Phi) is 9.04. The third-order valence-corrected chi connectivity index (χ3v) is 8.29. The summed E-state index contributed by atoms with van der Waals surface area (Å²) in [5.74, 6) is 1.68. The first kappa shape index (κ1) is 26.6. The lowest BCUT2D eigenvalue weighted by Gasteiger charge is -2.41. The van der Waals surface area contributed by atoms with Gasteiger partial charge in [-0.2, -0.15) is 0 Å². The maximum atomic E-state index is 16.0. The molecule has 0 radical (unpaired) electrons. The predicted molar refractivity (Wildman–Crippen MR) is 146 cm³/mol. The second kappa shape index (κ2) is 12.2. The lowest BCUT2D eigenvalue weighted by Crippen LogP contribution is -2.42. The molecule has 0 saturated carbocycles. The summed E-state index contributed by atoms with van der Waals surface area (Å²) in [5.41, 5.74) is 1.96. The number of halogens is 1. The van der Waals surface area contributed by atoms with E-state index >= 15 is 4.39 Å². The predicted octanol–water partition coefficient (Wildman–Crippen LogP) is 5.36. The number of benzene rings is 1. The second-order valence-electron chi connectivity index (χ2n) is 9.86. The molecule has 1 N–H and O–H groups in total. The number of piperidine rings is 1. The topological polar surface area (TPSA) is 61.7 Å². The number of nitrogens with zero attached hydrogens (tertiary/aromatic N) is 4. The van der Waals surface area contributed by atoms with Crippen molar-refractivity contribution in [2.24, 2.45) is 5.41 Å². The van der Waals surface area contributed by atoms with E-state index in [0.29, 0.717) is 24.2 Å². The Hall–Kier alpha value is -2.42. The fourth-order valence-electron chi connectivity index (χ4n) is 5.02.